The van der Waals surface area contributed by atoms with Crippen molar-refractivity contribution < 1.29 is 9.59 Å². The summed E-state index contributed by atoms with van der Waals surface area (Å²) in [4.78, 5) is 36.4. The molecule has 7 nitrogen and oxygen atoms in total. The second-order valence-corrected chi connectivity index (χ2v) is 10.6. The number of carbonyl (C=O) groups excluding carboxylic acids is 2. The lowest BCUT2D eigenvalue weighted by Gasteiger charge is -2.33. The van der Waals surface area contributed by atoms with Gasteiger partial charge in [0, 0.05) is 54.9 Å². The first kappa shape index (κ1) is 26.9. The van der Waals surface area contributed by atoms with Crippen LogP contribution in [0, 0.1) is 0 Å². The molecule has 0 unspecified atom stereocenters. The number of hydrogen-bond acceptors (Lipinski definition) is 5. The molecule has 1 aliphatic rings. The standard InChI is InChI=1S/C28H32ClN5O2S/c1-21(2)34(28(36)30-24-12-10-23(29)11-13-24)19-26-31-25(20-37-26)27(35)33-17-15-32(16-18-33)14-6-9-22-7-4-3-5-8-22/h3-13,20-21H,14-19H2,1-2H3,(H,30,36). The molecule has 0 radical (unpaired) electrons. The van der Waals surface area contributed by atoms with Crippen LogP contribution in [0.15, 0.2) is 66.1 Å². The fraction of sp³-hybridized carbons (Fsp3) is 0.321. The molecule has 3 amide bonds. The number of urea groups is 1. The number of hydrogen-bond donors (Lipinski definition) is 1. The van der Waals surface area contributed by atoms with Crippen LogP contribution in [0.25, 0.3) is 6.08 Å². The Balaban J connectivity index is 1.28. The van der Waals surface area contributed by atoms with Crippen LogP contribution in [0.2, 0.25) is 5.02 Å². The molecule has 0 spiro atoms. The number of aromatic nitrogens is 1. The molecular weight excluding hydrogens is 506 g/mol. The summed E-state index contributed by atoms with van der Waals surface area (Å²) in [6.07, 6.45) is 4.30. The fourth-order valence-electron chi connectivity index (χ4n) is 4.04. The zero-order valence-electron chi connectivity index (χ0n) is 21.1. The van der Waals surface area contributed by atoms with Crippen molar-refractivity contribution >= 4 is 46.6 Å². The van der Waals surface area contributed by atoms with Crippen molar-refractivity contribution in [2.24, 2.45) is 0 Å². The van der Waals surface area contributed by atoms with Crippen LogP contribution in [0.5, 0.6) is 0 Å². The first-order chi connectivity index (χ1) is 17.9. The van der Waals surface area contributed by atoms with Crippen LogP contribution in [-0.2, 0) is 6.54 Å². The largest absolute Gasteiger partial charge is 0.335 e. The molecule has 1 N–H and O–H groups in total. The van der Waals surface area contributed by atoms with Gasteiger partial charge in [0.2, 0.25) is 0 Å². The third kappa shape index (κ3) is 7.64. The number of anilines is 1. The number of rotatable bonds is 8. The highest BCUT2D eigenvalue weighted by molar-refractivity contribution is 7.09. The number of nitrogens with zero attached hydrogens (tertiary/aromatic N) is 4. The lowest BCUT2D eigenvalue weighted by molar-refractivity contribution is 0.0645. The molecular formula is C28H32ClN5O2S. The molecule has 1 saturated heterocycles. The van der Waals surface area contributed by atoms with Gasteiger partial charge in [0.25, 0.3) is 5.91 Å². The summed E-state index contributed by atoms with van der Waals surface area (Å²) in [6, 6.07) is 17.0. The van der Waals surface area contributed by atoms with Gasteiger partial charge in [-0.3, -0.25) is 9.69 Å². The molecule has 4 rings (SSSR count). The highest BCUT2D eigenvalue weighted by Gasteiger charge is 2.25. The topological polar surface area (TPSA) is 68.8 Å². The Bertz CT molecular complexity index is 1200. The SMILES string of the molecule is CC(C)N(Cc1nc(C(=O)N2CCN(CC=Cc3ccccc3)CC2)cs1)C(=O)Nc1ccc(Cl)cc1. The van der Waals surface area contributed by atoms with Gasteiger partial charge in [0.1, 0.15) is 10.7 Å². The van der Waals surface area contributed by atoms with E-state index in [0.717, 1.165) is 24.6 Å². The zero-order valence-corrected chi connectivity index (χ0v) is 22.7. The van der Waals surface area contributed by atoms with Crippen molar-refractivity contribution in [2.45, 2.75) is 26.4 Å². The minimum atomic E-state index is -0.224. The molecule has 9 heteroatoms. The van der Waals surface area contributed by atoms with Crippen LogP contribution < -0.4 is 5.32 Å². The summed E-state index contributed by atoms with van der Waals surface area (Å²) in [5.41, 5.74) is 2.30. The van der Waals surface area contributed by atoms with Crippen molar-refractivity contribution in [2.75, 3.05) is 38.0 Å². The summed E-state index contributed by atoms with van der Waals surface area (Å²) >= 11 is 7.34. The van der Waals surface area contributed by atoms with E-state index in [9.17, 15) is 9.59 Å². The van der Waals surface area contributed by atoms with E-state index in [4.69, 9.17) is 11.6 Å². The zero-order chi connectivity index (χ0) is 26.2. The third-order valence-electron chi connectivity index (χ3n) is 6.19. The first-order valence-electron chi connectivity index (χ1n) is 12.4. The molecule has 1 aromatic heterocycles. The maximum absolute atomic E-state index is 13.1. The molecule has 3 aromatic rings. The third-order valence-corrected chi connectivity index (χ3v) is 7.27. The minimum absolute atomic E-state index is 0.0423. The maximum Gasteiger partial charge on any atom is 0.322 e. The molecule has 1 aliphatic heterocycles. The predicted octanol–water partition coefficient (Wildman–Crippen LogP) is 5.71. The van der Waals surface area contributed by atoms with Crippen LogP contribution in [-0.4, -0.2) is 70.4 Å². The van der Waals surface area contributed by atoms with E-state index >= 15 is 0 Å². The number of halogens is 1. The van der Waals surface area contributed by atoms with Crippen molar-refractivity contribution in [1.82, 2.24) is 19.7 Å². The normalized spacial score (nSPS) is 14.3. The van der Waals surface area contributed by atoms with Crippen molar-refractivity contribution in [1.29, 1.82) is 0 Å². The monoisotopic (exact) mass is 537 g/mol. The van der Waals surface area contributed by atoms with E-state index in [1.54, 1.807) is 34.5 Å². The van der Waals surface area contributed by atoms with Crippen LogP contribution in [0.3, 0.4) is 0 Å². The van der Waals surface area contributed by atoms with Crippen LogP contribution in [0.4, 0.5) is 10.5 Å². The maximum atomic E-state index is 13.1. The average Bonchev–Trinajstić information content (AvgIpc) is 3.38. The van der Waals surface area contributed by atoms with Gasteiger partial charge in [0.15, 0.2) is 0 Å². The van der Waals surface area contributed by atoms with Crippen molar-refractivity contribution in [3.05, 3.63) is 87.3 Å². The Kier molecular flexibility index (Phi) is 9.33. The summed E-state index contributed by atoms with van der Waals surface area (Å²) in [6.45, 7) is 8.10. The average molecular weight is 538 g/mol. The van der Waals surface area contributed by atoms with Crippen molar-refractivity contribution in [3.63, 3.8) is 0 Å². The lowest BCUT2D eigenvalue weighted by atomic mass is 10.2. The predicted molar refractivity (Wildman–Crippen MR) is 151 cm³/mol. The number of amides is 3. The molecule has 1 fully saturated rings. The minimum Gasteiger partial charge on any atom is -0.335 e. The first-order valence-corrected chi connectivity index (χ1v) is 13.7. The number of thiazole rings is 1. The van der Waals surface area contributed by atoms with Gasteiger partial charge in [-0.05, 0) is 43.7 Å². The van der Waals surface area contributed by atoms with Crippen LogP contribution >= 0.6 is 22.9 Å². The Morgan fingerprint density at radius 1 is 1.08 bits per heavy atom. The van der Waals surface area contributed by atoms with Gasteiger partial charge in [-0.15, -0.1) is 11.3 Å². The van der Waals surface area contributed by atoms with Gasteiger partial charge < -0.3 is 15.1 Å². The van der Waals surface area contributed by atoms with Gasteiger partial charge >= 0.3 is 6.03 Å². The fourth-order valence-corrected chi connectivity index (χ4v) is 4.93. The highest BCUT2D eigenvalue weighted by atomic mass is 35.5. The van der Waals surface area contributed by atoms with Gasteiger partial charge in [-0.2, -0.15) is 0 Å². The molecule has 0 bridgehead atoms. The van der Waals surface area contributed by atoms with Gasteiger partial charge in [0.05, 0.1) is 6.54 Å². The lowest BCUT2D eigenvalue weighted by Crippen LogP contribution is -2.48. The summed E-state index contributed by atoms with van der Waals surface area (Å²) in [7, 11) is 0. The molecule has 2 heterocycles. The molecule has 0 aliphatic carbocycles. The number of benzene rings is 2. The highest BCUT2D eigenvalue weighted by Crippen LogP contribution is 2.19. The quantitative estimate of drug-likeness (QED) is 0.399. The Morgan fingerprint density at radius 2 is 1.78 bits per heavy atom. The second-order valence-electron chi connectivity index (χ2n) is 9.19. The second kappa shape index (κ2) is 12.9. The molecule has 37 heavy (non-hydrogen) atoms. The molecule has 0 atom stereocenters. The Hall–Kier alpha value is -3.20. The van der Waals surface area contributed by atoms with E-state index in [0.29, 0.717) is 36.0 Å². The van der Waals surface area contributed by atoms with E-state index in [1.165, 1.54) is 16.9 Å². The number of piperazine rings is 1. The molecule has 194 valence electrons. The van der Waals surface area contributed by atoms with E-state index in [1.807, 2.05) is 36.9 Å². The summed E-state index contributed by atoms with van der Waals surface area (Å²) < 4.78 is 0. The Morgan fingerprint density at radius 3 is 2.46 bits per heavy atom. The number of carbonyl (C=O) groups is 2. The van der Waals surface area contributed by atoms with E-state index < -0.39 is 0 Å². The number of nitrogens with one attached hydrogen (secondary N) is 1. The Labute approximate surface area is 227 Å². The summed E-state index contributed by atoms with van der Waals surface area (Å²) in [5.74, 6) is -0.0521. The van der Waals surface area contributed by atoms with Gasteiger partial charge in [-0.25, -0.2) is 9.78 Å². The molecule has 2 aromatic carbocycles. The van der Waals surface area contributed by atoms with Crippen molar-refractivity contribution in [3.8, 4) is 0 Å². The molecule has 0 saturated carbocycles. The van der Waals surface area contributed by atoms with E-state index in [2.05, 4.69) is 39.5 Å². The van der Waals surface area contributed by atoms with Crippen LogP contribution in [0.1, 0.15) is 34.9 Å². The smallest absolute Gasteiger partial charge is 0.322 e. The summed E-state index contributed by atoms with van der Waals surface area (Å²) in [5, 5.41) is 6.04. The van der Waals surface area contributed by atoms with Gasteiger partial charge in [-0.1, -0.05) is 54.1 Å². The van der Waals surface area contributed by atoms with E-state index in [-0.39, 0.29) is 18.0 Å².